The molecule has 1 amide bonds. The maximum absolute atomic E-state index is 12.4. The number of hydrogen-bond acceptors (Lipinski definition) is 4. The Kier molecular flexibility index (Phi) is 6.87. The summed E-state index contributed by atoms with van der Waals surface area (Å²) in [6.45, 7) is 7.07. The molecule has 2 N–H and O–H groups in total. The zero-order valence-corrected chi connectivity index (χ0v) is 12.8. The molecule has 0 saturated heterocycles. The molecule has 0 aliphatic heterocycles. The smallest absolute Gasteiger partial charge is 0.308 e. The standard InChI is InChI=1S/C14H23N3O4/c1-4-21-7-5-6-17(9-10(2)14(19)20)13(18)12-8-11(3)15-16-12/h8,10H,4-7,9H2,1-3H3,(H,15,16)(H,19,20). The summed E-state index contributed by atoms with van der Waals surface area (Å²) < 4.78 is 5.25. The fourth-order valence-corrected chi connectivity index (χ4v) is 1.88. The SMILES string of the molecule is CCOCCCN(CC(C)C(=O)O)C(=O)c1cc(C)[nH]n1. The van der Waals surface area contributed by atoms with E-state index < -0.39 is 11.9 Å². The number of H-pyrrole nitrogens is 1. The highest BCUT2D eigenvalue weighted by atomic mass is 16.5. The van der Waals surface area contributed by atoms with Crippen molar-refractivity contribution >= 4 is 11.9 Å². The normalized spacial score (nSPS) is 12.1. The van der Waals surface area contributed by atoms with Crippen LogP contribution in [0.3, 0.4) is 0 Å². The topological polar surface area (TPSA) is 95.5 Å². The van der Waals surface area contributed by atoms with Gasteiger partial charge in [-0.25, -0.2) is 0 Å². The van der Waals surface area contributed by atoms with E-state index in [1.54, 1.807) is 13.0 Å². The van der Waals surface area contributed by atoms with Gasteiger partial charge in [0, 0.05) is 32.0 Å². The van der Waals surface area contributed by atoms with Crippen LogP contribution in [0.25, 0.3) is 0 Å². The number of hydrogen-bond donors (Lipinski definition) is 2. The Morgan fingerprint density at radius 3 is 2.76 bits per heavy atom. The number of aryl methyl sites for hydroxylation is 1. The van der Waals surface area contributed by atoms with Crippen molar-refractivity contribution in [3.63, 3.8) is 0 Å². The Hall–Kier alpha value is -1.89. The van der Waals surface area contributed by atoms with Gasteiger partial charge in [0.15, 0.2) is 0 Å². The lowest BCUT2D eigenvalue weighted by Crippen LogP contribution is -2.38. The first-order chi connectivity index (χ1) is 9.95. The molecule has 0 aliphatic carbocycles. The summed E-state index contributed by atoms with van der Waals surface area (Å²) in [5.41, 5.74) is 1.10. The van der Waals surface area contributed by atoms with E-state index in [9.17, 15) is 9.59 Å². The van der Waals surface area contributed by atoms with Crippen LogP contribution < -0.4 is 0 Å². The van der Waals surface area contributed by atoms with Gasteiger partial charge in [0.2, 0.25) is 0 Å². The minimum atomic E-state index is -0.921. The lowest BCUT2D eigenvalue weighted by Gasteiger charge is -2.23. The molecule has 1 unspecified atom stereocenters. The fraction of sp³-hybridized carbons (Fsp3) is 0.643. The Balaban J connectivity index is 2.70. The van der Waals surface area contributed by atoms with Gasteiger partial charge in [-0.2, -0.15) is 5.10 Å². The first-order valence-electron chi connectivity index (χ1n) is 7.07. The quantitative estimate of drug-likeness (QED) is 0.670. The van der Waals surface area contributed by atoms with Crippen molar-refractivity contribution in [2.75, 3.05) is 26.3 Å². The second-order valence-corrected chi connectivity index (χ2v) is 4.98. The molecule has 0 aliphatic rings. The molecule has 1 heterocycles. The zero-order chi connectivity index (χ0) is 15.8. The number of aliphatic carboxylic acids is 1. The summed E-state index contributed by atoms with van der Waals surface area (Å²) in [5, 5.41) is 15.7. The van der Waals surface area contributed by atoms with Crippen LogP contribution in [0.5, 0.6) is 0 Å². The average Bonchev–Trinajstić information content (AvgIpc) is 2.87. The Morgan fingerprint density at radius 2 is 2.24 bits per heavy atom. The molecule has 0 radical (unpaired) electrons. The molecular formula is C14H23N3O4. The Bertz CT molecular complexity index is 473. The fourth-order valence-electron chi connectivity index (χ4n) is 1.88. The number of aromatic nitrogens is 2. The predicted molar refractivity (Wildman–Crippen MR) is 77.1 cm³/mol. The van der Waals surface area contributed by atoms with Gasteiger partial charge in [0.05, 0.1) is 5.92 Å². The van der Waals surface area contributed by atoms with Crippen LogP contribution in [0, 0.1) is 12.8 Å². The molecule has 1 aromatic rings. The molecule has 0 spiro atoms. The van der Waals surface area contributed by atoms with Gasteiger partial charge in [-0.3, -0.25) is 14.7 Å². The molecule has 7 nitrogen and oxygen atoms in total. The molecular weight excluding hydrogens is 274 g/mol. The van der Waals surface area contributed by atoms with Gasteiger partial charge >= 0.3 is 5.97 Å². The molecule has 7 heteroatoms. The van der Waals surface area contributed by atoms with Crippen molar-refractivity contribution in [2.24, 2.45) is 5.92 Å². The number of aromatic amines is 1. The summed E-state index contributed by atoms with van der Waals surface area (Å²) in [7, 11) is 0. The van der Waals surface area contributed by atoms with Gasteiger partial charge in [-0.1, -0.05) is 6.92 Å². The highest BCUT2D eigenvalue weighted by Gasteiger charge is 2.22. The maximum Gasteiger partial charge on any atom is 0.308 e. The first-order valence-corrected chi connectivity index (χ1v) is 7.07. The average molecular weight is 297 g/mol. The minimum Gasteiger partial charge on any atom is -0.481 e. The van der Waals surface area contributed by atoms with Gasteiger partial charge in [-0.05, 0) is 26.3 Å². The highest BCUT2D eigenvalue weighted by Crippen LogP contribution is 2.08. The van der Waals surface area contributed by atoms with Crippen LogP contribution in [-0.4, -0.2) is 58.4 Å². The molecule has 118 valence electrons. The lowest BCUT2D eigenvalue weighted by atomic mass is 10.1. The van der Waals surface area contributed by atoms with E-state index in [0.717, 1.165) is 5.69 Å². The van der Waals surface area contributed by atoms with E-state index in [1.807, 2.05) is 13.8 Å². The van der Waals surface area contributed by atoms with Crippen LogP contribution in [0.15, 0.2) is 6.07 Å². The maximum atomic E-state index is 12.4. The second-order valence-electron chi connectivity index (χ2n) is 4.98. The van der Waals surface area contributed by atoms with Gasteiger partial charge in [0.25, 0.3) is 5.91 Å². The van der Waals surface area contributed by atoms with Gasteiger partial charge < -0.3 is 14.7 Å². The van der Waals surface area contributed by atoms with Crippen molar-refractivity contribution < 1.29 is 19.4 Å². The zero-order valence-electron chi connectivity index (χ0n) is 12.8. The van der Waals surface area contributed by atoms with Gasteiger partial charge in [-0.15, -0.1) is 0 Å². The molecule has 0 bridgehead atoms. The number of carboxylic acids is 1. The van der Waals surface area contributed by atoms with Crippen molar-refractivity contribution in [1.82, 2.24) is 15.1 Å². The van der Waals surface area contributed by atoms with Gasteiger partial charge in [0.1, 0.15) is 5.69 Å². The number of amides is 1. The third-order valence-corrected chi connectivity index (χ3v) is 3.05. The third kappa shape index (κ3) is 5.55. The molecule has 21 heavy (non-hydrogen) atoms. The number of nitrogens with zero attached hydrogens (tertiary/aromatic N) is 2. The number of nitrogens with one attached hydrogen (secondary N) is 1. The number of rotatable bonds is 9. The largest absolute Gasteiger partial charge is 0.481 e. The molecule has 1 atom stereocenters. The number of carboxylic acid groups (broad SMARTS) is 1. The number of carbonyl (C=O) groups excluding carboxylic acids is 1. The summed E-state index contributed by atoms with van der Waals surface area (Å²) in [6, 6.07) is 1.66. The molecule has 0 saturated carbocycles. The minimum absolute atomic E-state index is 0.159. The second kappa shape index (κ2) is 8.41. The predicted octanol–water partition coefficient (Wildman–Crippen LogP) is 1.31. The monoisotopic (exact) mass is 297 g/mol. The van der Waals surface area contributed by atoms with E-state index in [-0.39, 0.29) is 12.5 Å². The summed E-state index contributed by atoms with van der Waals surface area (Å²) in [5.74, 6) is -1.80. The van der Waals surface area contributed by atoms with E-state index in [2.05, 4.69) is 10.2 Å². The Morgan fingerprint density at radius 1 is 1.52 bits per heavy atom. The number of carbonyl (C=O) groups is 2. The van der Waals surface area contributed by atoms with E-state index in [0.29, 0.717) is 31.9 Å². The van der Waals surface area contributed by atoms with Crippen molar-refractivity contribution in [3.05, 3.63) is 17.5 Å². The van der Waals surface area contributed by atoms with Crippen molar-refractivity contribution in [3.8, 4) is 0 Å². The summed E-state index contributed by atoms with van der Waals surface area (Å²) in [6.07, 6.45) is 0.662. The van der Waals surface area contributed by atoms with E-state index in [1.165, 1.54) is 4.90 Å². The van der Waals surface area contributed by atoms with Crippen LogP contribution >= 0.6 is 0 Å². The van der Waals surface area contributed by atoms with Crippen molar-refractivity contribution in [1.29, 1.82) is 0 Å². The summed E-state index contributed by atoms with van der Waals surface area (Å²) in [4.78, 5) is 24.9. The first kappa shape index (κ1) is 17.2. The van der Waals surface area contributed by atoms with Crippen LogP contribution in [0.1, 0.15) is 36.5 Å². The lowest BCUT2D eigenvalue weighted by molar-refractivity contribution is -0.141. The molecule has 1 rings (SSSR count). The summed E-state index contributed by atoms with van der Waals surface area (Å²) >= 11 is 0. The highest BCUT2D eigenvalue weighted by molar-refractivity contribution is 5.92. The number of ether oxygens (including phenoxy) is 1. The Labute approximate surface area is 124 Å². The van der Waals surface area contributed by atoms with E-state index >= 15 is 0 Å². The van der Waals surface area contributed by atoms with E-state index in [4.69, 9.17) is 9.84 Å². The third-order valence-electron chi connectivity index (χ3n) is 3.05. The van der Waals surface area contributed by atoms with Crippen LogP contribution in [0.4, 0.5) is 0 Å². The molecule has 0 fully saturated rings. The molecule has 1 aromatic heterocycles. The van der Waals surface area contributed by atoms with Crippen molar-refractivity contribution in [2.45, 2.75) is 27.2 Å². The van der Waals surface area contributed by atoms with Crippen LogP contribution in [0.2, 0.25) is 0 Å². The van der Waals surface area contributed by atoms with Crippen LogP contribution in [-0.2, 0) is 9.53 Å². The molecule has 0 aromatic carbocycles.